The molecule has 0 aromatic heterocycles. The average Bonchev–Trinajstić information content (AvgIpc) is 2.98. The van der Waals surface area contributed by atoms with Crippen LogP contribution < -0.4 is 9.47 Å². The van der Waals surface area contributed by atoms with E-state index in [0.29, 0.717) is 31.1 Å². The summed E-state index contributed by atoms with van der Waals surface area (Å²) in [6.45, 7) is 16.4. The van der Waals surface area contributed by atoms with E-state index in [4.69, 9.17) is 18.6 Å². The molecule has 3 rings (SSSR count). The summed E-state index contributed by atoms with van der Waals surface area (Å²) in [7, 11) is -0.554. The summed E-state index contributed by atoms with van der Waals surface area (Å²) in [5, 5.41) is 11.1. The lowest BCUT2D eigenvalue weighted by atomic mass is 9.87. The van der Waals surface area contributed by atoms with E-state index in [1.54, 1.807) is 7.11 Å². The van der Waals surface area contributed by atoms with Crippen LogP contribution in [0.15, 0.2) is 78.9 Å². The zero-order valence-corrected chi connectivity index (χ0v) is 28.1. The first kappa shape index (κ1) is 34.5. The Kier molecular flexibility index (Phi) is 12.6. The van der Waals surface area contributed by atoms with Crippen LogP contribution in [0.25, 0.3) is 0 Å². The fourth-order valence-corrected chi connectivity index (χ4v) is 6.11. The molecule has 0 aliphatic heterocycles. The van der Waals surface area contributed by atoms with Crippen LogP contribution >= 0.6 is 0 Å². The van der Waals surface area contributed by atoms with Crippen molar-refractivity contribution in [3.05, 3.63) is 95.6 Å². The first-order chi connectivity index (χ1) is 20.3. The van der Waals surface area contributed by atoms with Crippen molar-refractivity contribution < 1.29 is 28.5 Å². The summed E-state index contributed by atoms with van der Waals surface area (Å²) in [6.07, 6.45) is -1.28. The van der Waals surface area contributed by atoms with Crippen LogP contribution in [0.2, 0.25) is 18.1 Å². The van der Waals surface area contributed by atoms with Crippen molar-refractivity contribution >= 4 is 14.1 Å². The van der Waals surface area contributed by atoms with Gasteiger partial charge in [-0.1, -0.05) is 89.2 Å². The number of benzene rings is 3. The largest absolute Gasteiger partial charge is 0.497 e. The first-order valence-corrected chi connectivity index (χ1v) is 18.1. The quantitative estimate of drug-likeness (QED) is 0.166. The molecule has 0 aliphatic carbocycles. The zero-order chi connectivity index (χ0) is 31.6. The average molecular weight is 607 g/mol. The van der Waals surface area contributed by atoms with Gasteiger partial charge in [-0.3, -0.25) is 4.79 Å². The predicted octanol–water partition coefficient (Wildman–Crippen LogP) is 8.15. The Morgan fingerprint density at radius 2 is 1.51 bits per heavy atom. The highest BCUT2D eigenvalue weighted by Crippen LogP contribution is 2.39. The van der Waals surface area contributed by atoms with Gasteiger partial charge in [-0.25, -0.2) is 0 Å². The molecule has 3 aromatic carbocycles. The summed E-state index contributed by atoms with van der Waals surface area (Å²) < 4.78 is 24.2. The smallest absolute Gasteiger partial charge is 0.192 e. The third-order valence-corrected chi connectivity index (χ3v) is 13.0. The molecule has 1 N–H and O–H groups in total. The number of ether oxygens (including phenoxy) is 3. The second-order valence-corrected chi connectivity index (χ2v) is 17.8. The van der Waals surface area contributed by atoms with Gasteiger partial charge in [0.2, 0.25) is 0 Å². The third kappa shape index (κ3) is 10.3. The molecule has 0 saturated carbocycles. The lowest BCUT2D eigenvalue weighted by Crippen LogP contribution is -2.49. The Balaban J connectivity index is 1.67. The Bertz CT molecular complexity index is 1270. The number of carbonyl (C=O) groups excluding carboxylic acids is 1. The number of aliphatic hydroxyl groups excluding tert-OH is 1. The molecular formula is C36H50O6Si. The highest BCUT2D eigenvalue weighted by atomic mass is 28.4. The van der Waals surface area contributed by atoms with E-state index >= 15 is 0 Å². The van der Waals surface area contributed by atoms with Gasteiger partial charge in [0, 0.05) is 18.3 Å². The monoisotopic (exact) mass is 606 g/mol. The molecule has 0 amide bonds. The van der Waals surface area contributed by atoms with E-state index < -0.39 is 20.3 Å². The van der Waals surface area contributed by atoms with E-state index in [1.165, 1.54) is 0 Å². The summed E-state index contributed by atoms with van der Waals surface area (Å²) >= 11 is 0. The van der Waals surface area contributed by atoms with Crippen LogP contribution in [0.1, 0.15) is 63.8 Å². The topological polar surface area (TPSA) is 74.2 Å². The highest BCUT2D eigenvalue weighted by Gasteiger charge is 2.42. The summed E-state index contributed by atoms with van der Waals surface area (Å²) in [5.41, 5.74) is 2.77. The van der Waals surface area contributed by atoms with Crippen molar-refractivity contribution in [2.45, 2.75) is 84.6 Å². The maximum absolute atomic E-state index is 13.7. The van der Waals surface area contributed by atoms with Gasteiger partial charge in [-0.2, -0.15) is 0 Å². The molecule has 3 aromatic rings. The number of rotatable bonds is 16. The predicted molar refractivity (Wildman–Crippen MR) is 175 cm³/mol. The number of carbonyl (C=O) groups is 1. The number of ketones is 1. The molecule has 0 heterocycles. The van der Waals surface area contributed by atoms with Gasteiger partial charge >= 0.3 is 0 Å². The fraction of sp³-hybridized carbons (Fsp3) is 0.472. The Morgan fingerprint density at radius 3 is 2.14 bits per heavy atom. The maximum atomic E-state index is 13.7. The van der Waals surface area contributed by atoms with Gasteiger partial charge in [-0.15, -0.1) is 0 Å². The van der Waals surface area contributed by atoms with Crippen LogP contribution in [0.5, 0.6) is 11.5 Å². The number of hydrogen-bond donors (Lipinski definition) is 1. The van der Waals surface area contributed by atoms with E-state index in [9.17, 15) is 9.90 Å². The molecule has 0 radical (unpaired) electrons. The van der Waals surface area contributed by atoms with Gasteiger partial charge in [0.25, 0.3) is 0 Å². The summed E-state index contributed by atoms with van der Waals surface area (Å²) in [6, 6.07) is 25.1. The normalized spacial score (nSPS) is 14.9. The van der Waals surface area contributed by atoms with Gasteiger partial charge < -0.3 is 23.7 Å². The van der Waals surface area contributed by atoms with Crippen molar-refractivity contribution in [2.75, 3.05) is 13.7 Å². The van der Waals surface area contributed by atoms with E-state index in [-0.39, 0.29) is 29.3 Å². The fourth-order valence-electron chi connectivity index (χ4n) is 4.64. The van der Waals surface area contributed by atoms with Gasteiger partial charge in [0.15, 0.2) is 8.32 Å². The minimum absolute atomic E-state index is 0.0000919. The number of aliphatic hydroxyl groups is 1. The molecule has 0 fully saturated rings. The molecule has 6 nitrogen and oxygen atoms in total. The van der Waals surface area contributed by atoms with E-state index in [1.807, 2.05) is 85.8 Å². The molecule has 0 saturated heterocycles. The van der Waals surface area contributed by atoms with Gasteiger partial charge in [-0.05, 0) is 59.1 Å². The molecule has 0 bridgehead atoms. The van der Waals surface area contributed by atoms with Crippen LogP contribution in [-0.4, -0.2) is 39.0 Å². The molecule has 7 heteroatoms. The van der Waals surface area contributed by atoms with Crippen LogP contribution in [0, 0.1) is 11.8 Å². The summed E-state index contributed by atoms with van der Waals surface area (Å²) in [5.74, 6) is 0.983. The molecule has 0 unspecified atom stereocenters. The Morgan fingerprint density at radius 1 is 0.860 bits per heavy atom. The lowest BCUT2D eigenvalue weighted by molar-refractivity contribution is -0.129. The van der Waals surface area contributed by atoms with E-state index in [2.05, 4.69) is 40.8 Å². The molecule has 0 aliphatic rings. The maximum Gasteiger partial charge on any atom is 0.192 e. The van der Waals surface area contributed by atoms with Crippen molar-refractivity contribution in [1.82, 2.24) is 0 Å². The number of Topliss-reactive ketones (excluding diaryl/α,β-unsaturated/α-hetero) is 1. The Labute approximate surface area is 259 Å². The van der Waals surface area contributed by atoms with Crippen molar-refractivity contribution in [1.29, 1.82) is 0 Å². The minimum Gasteiger partial charge on any atom is -0.497 e. The minimum atomic E-state index is -2.20. The lowest BCUT2D eigenvalue weighted by Gasteiger charge is -2.42. The highest BCUT2D eigenvalue weighted by molar-refractivity contribution is 6.74. The van der Waals surface area contributed by atoms with Crippen LogP contribution in [0.4, 0.5) is 0 Å². The number of hydrogen-bond acceptors (Lipinski definition) is 6. The summed E-state index contributed by atoms with van der Waals surface area (Å²) in [4.78, 5) is 13.7. The van der Waals surface area contributed by atoms with Crippen molar-refractivity contribution in [3.63, 3.8) is 0 Å². The number of methoxy groups -OCH3 is 1. The standard InChI is InChI=1S/C36H50O6Si/c1-26(23-40-24-29-17-19-31(39-6)20-18-29)35(42-43(7,8)36(3,4)5)27(2)33(37)22-34(38)30-15-12-16-32(21-30)41-25-28-13-10-9-11-14-28/h9-21,26-27,34-35,38H,22-25H2,1-8H3/t26-,27-,34-,35-/m0/s1. The molecule has 4 atom stereocenters. The van der Waals surface area contributed by atoms with Crippen LogP contribution in [-0.2, 0) is 27.2 Å². The Hall–Kier alpha value is -2.97. The van der Waals surface area contributed by atoms with Gasteiger partial charge in [0.1, 0.15) is 23.9 Å². The van der Waals surface area contributed by atoms with Crippen molar-refractivity contribution in [2.24, 2.45) is 11.8 Å². The van der Waals surface area contributed by atoms with E-state index in [0.717, 1.165) is 16.9 Å². The third-order valence-electron chi connectivity index (χ3n) is 8.49. The molecular weight excluding hydrogens is 556 g/mol. The van der Waals surface area contributed by atoms with Gasteiger partial charge in [0.05, 0.1) is 32.5 Å². The first-order valence-electron chi connectivity index (χ1n) is 15.2. The molecule has 234 valence electrons. The SMILES string of the molecule is COc1ccc(COC[C@H](C)[C@H](O[Si](C)(C)C(C)(C)C)[C@@H](C)C(=O)C[C@H](O)c2cccc(OCc3ccccc3)c2)cc1. The zero-order valence-electron chi connectivity index (χ0n) is 27.1. The van der Waals surface area contributed by atoms with Crippen LogP contribution in [0.3, 0.4) is 0 Å². The van der Waals surface area contributed by atoms with Crippen molar-refractivity contribution in [3.8, 4) is 11.5 Å². The second kappa shape index (κ2) is 15.7. The molecule has 43 heavy (non-hydrogen) atoms. The second-order valence-electron chi connectivity index (χ2n) is 13.0. The molecule has 0 spiro atoms.